The second-order valence-electron chi connectivity index (χ2n) is 5.71. The number of benzodiazepines with no additional fused rings is 1. The van der Waals surface area contributed by atoms with Crippen molar-refractivity contribution in [1.29, 1.82) is 0 Å². The van der Waals surface area contributed by atoms with Gasteiger partial charge in [-0.05, 0) is 19.1 Å². The van der Waals surface area contributed by atoms with Gasteiger partial charge < -0.3 is 14.4 Å². The van der Waals surface area contributed by atoms with E-state index in [0.29, 0.717) is 11.5 Å². The van der Waals surface area contributed by atoms with Gasteiger partial charge in [0.2, 0.25) is 5.91 Å². The van der Waals surface area contributed by atoms with E-state index in [-0.39, 0.29) is 12.5 Å². The number of methoxy groups -OCH3 is 2. The van der Waals surface area contributed by atoms with Crippen LogP contribution in [0.15, 0.2) is 41.4 Å². The van der Waals surface area contributed by atoms with Crippen molar-refractivity contribution in [2.75, 3.05) is 32.7 Å². The lowest BCUT2D eigenvalue weighted by molar-refractivity contribution is -0.116. The third kappa shape index (κ3) is 2.73. The number of aryl methyl sites for hydroxylation is 1. The predicted molar refractivity (Wildman–Crippen MR) is 94.6 cm³/mol. The molecule has 0 fully saturated rings. The molecule has 0 aromatic heterocycles. The standard InChI is InChI=1S/C19H20N2O3/c1-12-6-5-7-13(8-12)19-14-9-16(23-3)17(24-4)10-15(14)21(2)18(22)11-20-19/h5-10H,11H2,1-4H3. The summed E-state index contributed by atoms with van der Waals surface area (Å²) >= 11 is 0. The molecule has 0 saturated carbocycles. The molecule has 0 aliphatic carbocycles. The average molecular weight is 324 g/mol. The van der Waals surface area contributed by atoms with Crippen molar-refractivity contribution in [2.45, 2.75) is 6.92 Å². The van der Waals surface area contributed by atoms with Crippen LogP contribution in [0.2, 0.25) is 0 Å². The molecule has 0 radical (unpaired) electrons. The Morgan fingerprint density at radius 1 is 1.08 bits per heavy atom. The van der Waals surface area contributed by atoms with Crippen molar-refractivity contribution in [3.63, 3.8) is 0 Å². The molecule has 124 valence electrons. The summed E-state index contributed by atoms with van der Waals surface area (Å²) < 4.78 is 10.8. The largest absolute Gasteiger partial charge is 0.493 e. The Kier molecular flexibility index (Phi) is 4.25. The number of fused-ring (bicyclic) bond motifs is 1. The van der Waals surface area contributed by atoms with E-state index in [1.54, 1.807) is 26.2 Å². The lowest BCUT2D eigenvalue weighted by Gasteiger charge is -2.20. The number of carbonyl (C=O) groups is 1. The van der Waals surface area contributed by atoms with Crippen molar-refractivity contribution >= 4 is 17.3 Å². The maximum atomic E-state index is 12.3. The smallest absolute Gasteiger partial charge is 0.248 e. The van der Waals surface area contributed by atoms with Crippen LogP contribution in [-0.2, 0) is 4.79 Å². The van der Waals surface area contributed by atoms with E-state index in [4.69, 9.17) is 9.47 Å². The number of aliphatic imine (C=N–C) groups is 1. The van der Waals surface area contributed by atoms with E-state index in [0.717, 1.165) is 28.1 Å². The number of benzene rings is 2. The zero-order valence-electron chi connectivity index (χ0n) is 14.3. The van der Waals surface area contributed by atoms with Crippen LogP contribution < -0.4 is 14.4 Å². The second kappa shape index (κ2) is 6.35. The molecule has 0 saturated heterocycles. The molecule has 0 spiro atoms. The fourth-order valence-electron chi connectivity index (χ4n) is 2.85. The van der Waals surface area contributed by atoms with Crippen molar-refractivity contribution < 1.29 is 14.3 Å². The molecule has 2 aromatic carbocycles. The summed E-state index contributed by atoms with van der Waals surface area (Å²) in [5.74, 6) is 1.13. The first kappa shape index (κ1) is 16.1. The van der Waals surface area contributed by atoms with Crippen LogP contribution in [0.25, 0.3) is 0 Å². The van der Waals surface area contributed by atoms with E-state index in [9.17, 15) is 4.79 Å². The van der Waals surface area contributed by atoms with Crippen molar-refractivity contribution in [3.05, 3.63) is 53.1 Å². The van der Waals surface area contributed by atoms with E-state index in [2.05, 4.69) is 11.1 Å². The highest BCUT2D eigenvalue weighted by Crippen LogP contribution is 2.37. The van der Waals surface area contributed by atoms with Crippen LogP contribution in [0, 0.1) is 6.92 Å². The number of likely N-dealkylation sites (N-methyl/N-ethyl adjacent to an activating group) is 1. The van der Waals surface area contributed by atoms with E-state index in [1.165, 1.54) is 0 Å². The fourth-order valence-corrected chi connectivity index (χ4v) is 2.85. The van der Waals surface area contributed by atoms with Gasteiger partial charge in [0, 0.05) is 24.2 Å². The number of carbonyl (C=O) groups excluding carboxylic acids is 1. The van der Waals surface area contributed by atoms with Crippen LogP contribution in [-0.4, -0.2) is 39.4 Å². The molecule has 0 unspecified atom stereocenters. The molecular formula is C19H20N2O3. The van der Waals surface area contributed by atoms with Gasteiger partial charge in [0.1, 0.15) is 6.54 Å². The number of hydrogen-bond acceptors (Lipinski definition) is 4. The first-order valence-electron chi connectivity index (χ1n) is 7.69. The van der Waals surface area contributed by atoms with Crippen molar-refractivity contribution in [3.8, 4) is 11.5 Å². The summed E-state index contributed by atoms with van der Waals surface area (Å²) in [6, 6.07) is 11.8. The van der Waals surface area contributed by atoms with Crippen molar-refractivity contribution in [1.82, 2.24) is 0 Å². The molecule has 0 bridgehead atoms. The Labute approximate surface area is 141 Å². The minimum absolute atomic E-state index is 0.0638. The van der Waals surface area contributed by atoms with Gasteiger partial charge in [-0.3, -0.25) is 9.79 Å². The van der Waals surface area contributed by atoms with E-state index < -0.39 is 0 Å². The third-order valence-corrected chi connectivity index (χ3v) is 4.16. The predicted octanol–water partition coefficient (Wildman–Crippen LogP) is 2.83. The molecule has 0 N–H and O–H groups in total. The van der Waals surface area contributed by atoms with Gasteiger partial charge in [0.25, 0.3) is 0 Å². The van der Waals surface area contributed by atoms with Crippen LogP contribution >= 0.6 is 0 Å². The highest BCUT2D eigenvalue weighted by atomic mass is 16.5. The van der Waals surface area contributed by atoms with Gasteiger partial charge >= 0.3 is 0 Å². The summed E-state index contributed by atoms with van der Waals surface area (Å²) in [6.45, 7) is 2.15. The monoisotopic (exact) mass is 324 g/mol. The Morgan fingerprint density at radius 2 is 1.79 bits per heavy atom. The molecule has 24 heavy (non-hydrogen) atoms. The first-order valence-corrected chi connectivity index (χ1v) is 7.69. The summed E-state index contributed by atoms with van der Waals surface area (Å²) in [7, 11) is 4.93. The molecule has 5 heteroatoms. The minimum atomic E-state index is -0.0638. The first-order chi connectivity index (χ1) is 11.5. The summed E-state index contributed by atoms with van der Waals surface area (Å²) in [6.07, 6.45) is 0. The molecule has 2 aromatic rings. The number of rotatable bonds is 3. The highest BCUT2D eigenvalue weighted by Gasteiger charge is 2.25. The Morgan fingerprint density at radius 3 is 2.46 bits per heavy atom. The quantitative estimate of drug-likeness (QED) is 0.872. The van der Waals surface area contributed by atoms with Gasteiger partial charge in [0.05, 0.1) is 25.6 Å². The fraction of sp³-hybridized carbons (Fsp3) is 0.263. The zero-order valence-corrected chi connectivity index (χ0v) is 14.3. The maximum Gasteiger partial charge on any atom is 0.248 e. The lowest BCUT2D eigenvalue weighted by atomic mass is 9.98. The van der Waals surface area contributed by atoms with Gasteiger partial charge in [-0.1, -0.05) is 23.8 Å². The summed E-state index contributed by atoms with van der Waals surface area (Å²) in [5, 5.41) is 0. The van der Waals surface area contributed by atoms with Crippen LogP contribution in [0.3, 0.4) is 0 Å². The van der Waals surface area contributed by atoms with Crippen LogP contribution in [0.4, 0.5) is 5.69 Å². The minimum Gasteiger partial charge on any atom is -0.493 e. The number of amides is 1. The number of anilines is 1. The lowest BCUT2D eigenvalue weighted by Crippen LogP contribution is -2.27. The molecule has 1 aliphatic heterocycles. The summed E-state index contributed by atoms with van der Waals surface area (Å²) in [5.41, 5.74) is 4.52. The topological polar surface area (TPSA) is 51.1 Å². The highest BCUT2D eigenvalue weighted by molar-refractivity contribution is 6.20. The molecule has 5 nitrogen and oxygen atoms in total. The molecular weight excluding hydrogens is 304 g/mol. The van der Waals surface area contributed by atoms with Gasteiger partial charge in [-0.2, -0.15) is 0 Å². The second-order valence-corrected chi connectivity index (χ2v) is 5.71. The van der Waals surface area contributed by atoms with Crippen molar-refractivity contribution in [2.24, 2.45) is 4.99 Å². The normalized spacial score (nSPS) is 13.9. The van der Waals surface area contributed by atoms with E-state index >= 15 is 0 Å². The number of nitrogens with zero attached hydrogens (tertiary/aromatic N) is 2. The van der Waals surface area contributed by atoms with Gasteiger partial charge in [-0.15, -0.1) is 0 Å². The molecule has 0 atom stereocenters. The van der Waals surface area contributed by atoms with Crippen LogP contribution in [0.5, 0.6) is 11.5 Å². The molecule has 3 rings (SSSR count). The maximum absolute atomic E-state index is 12.3. The van der Waals surface area contributed by atoms with Gasteiger partial charge in [0.15, 0.2) is 11.5 Å². The Hall–Kier alpha value is -2.82. The van der Waals surface area contributed by atoms with Gasteiger partial charge in [-0.25, -0.2) is 0 Å². The number of ether oxygens (including phenoxy) is 2. The SMILES string of the molecule is COc1cc2c(cc1OC)N(C)C(=O)CN=C2c1cccc(C)c1. The Balaban J connectivity index is 2.26. The average Bonchev–Trinajstić information content (AvgIpc) is 2.71. The summed E-state index contributed by atoms with van der Waals surface area (Å²) in [4.78, 5) is 18.5. The molecule has 1 aliphatic rings. The van der Waals surface area contributed by atoms with Crippen LogP contribution in [0.1, 0.15) is 16.7 Å². The number of hydrogen-bond donors (Lipinski definition) is 0. The molecule has 1 heterocycles. The molecule has 1 amide bonds. The Bertz CT molecular complexity index is 827. The zero-order chi connectivity index (χ0) is 17.3. The van der Waals surface area contributed by atoms with E-state index in [1.807, 2.05) is 37.3 Å². The third-order valence-electron chi connectivity index (χ3n) is 4.16.